The molecule has 0 spiro atoms. The van der Waals surface area contributed by atoms with Crippen LogP contribution in [0.5, 0.6) is 0 Å². The molecule has 1 aromatic carbocycles. The van der Waals surface area contributed by atoms with Crippen LogP contribution in [-0.2, 0) is 10.8 Å². The first-order valence-corrected chi connectivity index (χ1v) is 14.6. The summed E-state index contributed by atoms with van der Waals surface area (Å²) >= 11 is 0. The summed E-state index contributed by atoms with van der Waals surface area (Å²) in [7, 11) is -1.00. The second kappa shape index (κ2) is 19.7. The van der Waals surface area contributed by atoms with Crippen molar-refractivity contribution >= 4 is 9.04 Å². The van der Waals surface area contributed by atoms with Gasteiger partial charge in [0.2, 0.25) is 0 Å². The van der Waals surface area contributed by atoms with E-state index >= 15 is 0 Å². The van der Waals surface area contributed by atoms with Gasteiger partial charge in [0, 0.05) is 6.61 Å². The molecule has 0 amide bonds. The molecular weight excluding hydrogens is 356 g/mol. The lowest BCUT2D eigenvalue weighted by atomic mass is 10.1. The molecule has 2 heteroatoms. The predicted molar refractivity (Wildman–Crippen MR) is 129 cm³/mol. The van der Waals surface area contributed by atoms with Crippen LogP contribution in [0.4, 0.5) is 0 Å². The van der Waals surface area contributed by atoms with Gasteiger partial charge in [-0.05, 0) is 24.1 Å². The van der Waals surface area contributed by atoms with E-state index in [4.69, 9.17) is 4.43 Å². The molecule has 1 rings (SSSR count). The summed E-state index contributed by atoms with van der Waals surface area (Å²) in [5.74, 6) is 0. The third-order valence-corrected chi connectivity index (χ3v) is 8.66. The molecule has 28 heavy (non-hydrogen) atoms. The van der Waals surface area contributed by atoms with Crippen LogP contribution in [0.15, 0.2) is 30.3 Å². The maximum absolute atomic E-state index is 6.47. The minimum absolute atomic E-state index is 0.938. The first-order chi connectivity index (χ1) is 13.9. The number of benzene rings is 1. The van der Waals surface area contributed by atoms with Gasteiger partial charge in [0.25, 0.3) is 0 Å². The van der Waals surface area contributed by atoms with E-state index in [1.807, 2.05) is 0 Å². The zero-order chi connectivity index (χ0) is 20.1. The summed E-state index contributed by atoms with van der Waals surface area (Å²) in [6.45, 7) is 5.54. The molecule has 0 aliphatic rings. The minimum atomic E-state index is -1.00. The van der Waals surface area contributed by atoms with Crippen LogP contribution >= 0.6 is 0 Å². The second-order valence-corrected chi connectivity index (χ2v) is 11.3. The molecule has 1 nitrogen and oxygen atoms in total. The van der Waals surface area contributed by atoms with Gasteiger partial charge in [0.05, 0.1) is 0 Å². The molecule has 0 fully saturated rings. The van der Waals surface area contributed by atoms with Crippen LogP contribution in [0.1, 0.15) is 109 Å². The fourth-order valence-electron chi connectivity index (χ4n) is 3.96. The van der Waals surface area contributed by atoms with Gasteiger partial charge < -0.3 is 4.43 Å². The van der Waals surface area contributed by atoms with Crippen LogP contribution in [-0.4, -0.2) is 15.6 Å². The lowest BCUT2D eigenvalue weighted by Crippen LogP contribution is -2.19. The fraction of sp³-hybridized carbons (Fsp3) is 0.769. The predicted octanol–water partition coefficient (Wildman–Crippen LogP) is 8.47. The smallest absolute Gasteiger partial charge is 0.176 e. The molecule has 0 heterocycles. The van der Waals surface area contributed by atoms with Crippen LogP contribution in [0.2, 0.25) is 12.1 Å². The van der Waals surface area contributed by atoms with Crippen molar-refractivity contribution in [2.24, 2.45) is 0 Å². The van der Waals surface area contributed by atoms with Crippen molar-refractivity contribution in [2.75, 3.05) is 6.61 Å². The van der Waals surface area contributed by atoms with Gasteiger partial charge in [-0.3, -0.25) is 0 Å². The van der Waals surface area contributed by atoms with Crippen molar-refractivity contribution in [3.05, 3.63) is 35.9 Å². The van der Waals surface area contributed by atoms with E-state index in [0.717, 1.165) is 13.0 Å². The van der Waals surface area contributed by atoms with E-state index in [-0.39, 0.29) is 0 Å². The van der Waals surface area contributed by atoms with E-state index in [0.29, 0.717) is 0 Å². The molecule has 0 aromatic heterocycles. The van der Waals surface area contributed by atoms with Crippen molar-refractivity contribution in [2.45, 2.75) is 122 Å². The lowest BCUT2D eigenvalue weighted by Gasteiger charge is -2.17. The maximum atomic E-state index is 6.47. The summed E-state index contributed by atoms with van der Waals surface area (Å²) in [5, 5.41) is 0. The highest BCUT2D eigenvalue weighted by Crippen LogP contribution is 2.16. The van der Waals surface area contributed by atoms with Gasteiger partial charge in [-0.2, -0.15) is 0 Å². The maximum Gasteiger partial charge on any atom is 0.176 e. The van der Waals surface area contributed by atoms with Crippen LogP contribution < -0.4 is 0 Å². The Labute approximate surface area is 178 Å². The van der Waals surface area contributed by atoms with Crippen molar-refractivity contribution in [1.29, 1.82) is 0 Å². The third-order valence-electron chi connectivity index (χ3n) is 5.85. The van der Waals surface area contributed by atoms with E-state index in [1.54, 1.807) is 0 Å². The van der Waals surface area contributed by atoms with Crippen molar-refractivity contribution < 1.29 is 4.43 Å². The normalized spacial score (nSPS) is 12.4. The Hall–Kier alpha value is -0.603. The zero-order valence-electron chi connectivity index (χ0n) is 19.1. The molecule has 0 radical (unpaired) electrons. The zero-order valence-corrected chi connectivity index (χ0v) is 20.3. The molecule has 0 aliphatic carbocycles. The summed E-state index contributed by atoms with van der Waals surface area (Å²) in [6.07, 6.45) is 20.9. The minimum Gasteiger partial charge on any atom is -0.420 e. The number of hydrogen-bond donors (Lipinski definition) is 0. The van der Waals surface area contributed by atoms with E-state index in [1.165, 1.54) is 108 Å². The summed E-state index contributed by atoms with van der Waals surface area (Å²) < 4.78 is 6.47. The topological polar surface area (TPSA) is 9.23 Å². The monoisotopic (exact) mass is 404 g/mol. The largest absolute Gasteiger partial charge is 0.420 e. The Balaban J connectivity index is 2.17. The SMILES string of the molecule is CCCCCCCCCC[SiH](CCCCCCCC)OCCc1ccccc1. The molecule has 1 unspecified atom stereocenters. The van der Waals surface area contributed by atoms with Crippen LogP contribution in [0, 0.1) is 0 Å². The molecule has 0 saturated heterocycles. The summed E-state index contributed by atoms with van der Waals surface area (Å²) in [4.78, 5) is 0. The Morgan fingerprint density at radius 3 is 1.57 bits per heavy atom. The molecule has 0 saturated carbocycles. The number of unbranched alkanes of at least 4 members (excludes halogenated alkanes) is 12. The Kier molecular flexibility index (Phi) is 17.9. The van der Waals surface area contributed by atoms with E-state index in [2.05, 4.69) is 44.2 Å². The second-order valence-electron chi connectivity index (χ2n) is 8.55. The van der Waals surface area contributed by atoms with Gasteiger partial charge in [0.15, 0.2) is 9.04 Å². The third kappa shape index (κ3) is 15.3. The first kappa shape index (κ1) is 25.4. The van der Waals surface area contributed by atoms with Crippen molar-refractivity contribution in [3.63, 3.8) is 0 Å². The van der Waals surface area contributed by atoms with Gasteiger partial charge in [-0.25, -0.2) is 0 Å². The highest BCUT2D eigenvalue weighted by Gasteiger charge is 2.11. The molecule has 1 aromatic rings. The summed E-state index contributed by atoms with van der Waals surface area (Å²) in [6, 6.07) is 13.6. The molecule has 0 N–H and O–H groups in total. The molecule has 0 bridgehead atoms. The van der Waals surface area contributed by atoms with Gasteiger partial charge in [-0.15, -0.1) is 0 Å². The Morgan fingerprint density at radius 2 is 1.07 bits per heavy atom. The van der Waals surface area contributed by atoms with Gasteiger partial charge >= 0.3 is 0 Å². The standard InChI is InChI=1S/C26H48OSi/c1-3-5-7-9-11-12-14-19-25-28(24-18-13-10-8-6-4-2)27-23-22-26-20-16-15-17-21-26/h15-17,20-21,28H,3-14,18-19,22-25H2,1-2H3. The Morgan fingerprint density at radius 1 is 0.607 bits per heavy atom. The van der Waals surface area contributed by atoms with Crippen molar-refractivity contribution in [1.82, 2.24) is 0 Å². The van der Waals surface area contributed by atoms with Crippen molar-refractivity contribution in [3.8, 4) is 0 Å². The van der Waals surface area contributed by atoms with Gasteiger partial charge in [0.1, 0.15) is 0 Å². The van der Waals surface area contributed by atoms with Gasteiger partial charge in [-0.1, -0.05) is 134 Å². The number of rotatable bonds is 20. The Bertz CT molecular complexity index is 420. The van der Waals surface area contributed by atoms with Crippen LogP contribution in [0.25, 0.3) is 0 Å². The highest BCUT2D eigenvalue weighted by atomic mass is 28.3. The molecule has 162 valence electrons. The van der Waals surface area contributed by atoms with Crippen LogP contribution in [0.3, 0.4) is 0 Å². The highest BCUT2D eigenvalue weighted by molar-refractivity contribution is 6.51. The molecular formula is C26H48OSi. The summed E-state index contributed by atoms with van der Waals surface area (Å²) in [5.41, 5.74) is 1.42. The quantitative estimate of drug-likeness (QED) is 0.156. The van der Waals surface area contributed by atoms with E-state index in [9.17, 15) is 0 Å². The molecule has 1 atom stereocenters. The lowest BCUT2D eigenvalue weighted by molar-refractivity contribution is 0.319. The molecule has 0 aliphatic heterocycles. The fourth-order valence-corrected chi connectivity index (χ4v) is 6.52. The van der Waals surface area contributed by atoms with E-state index < -0.39 is 9.04 Å². The average molecular weight is 405 g/mol. The first-order valence-electron chi connectivity index (χ1n) is 12.5. The average Bonchev–Trinajstić information content (AvgIpc) is 2.72. The number of hydrogen-bond acceptors (Lipinski definition) is 1.